The quantitative estimate of drug-likeness (QED) is 0.868. The summed E-state index contributed by atoms with van der Waals surface area (Å²) in [5.74, 6) is 0. The summed E-state index contributed by atoms with van der Waals surface area (Å²) < 4.78 is 3.00. The van der Waals surface area contributed by atoms with E-state index in [1.54, 1.807) is 6.20 Å². The summed E-state index contributed by atoms with van der Waals surface area (Å²) in [5, 5.41) is 14.2. The summed E-state index contributed by atoms with van der Waals surface area (Å²) in [4.78, 5) is 0. The third kappa shape index (κ3) is 3.29. The molecular formula is C13H15IN2O. The monoisotopic (exact) mass is 342 g/mol. The van der Waals surface area contributed by atoms with Crippen LogP contribution in [0.3, 0.4) is 0 Å². The van der Waals surface area contributed by atoms with E-state index in [1.165, 1.54) is 0 Å². The molecule has 0 aliphatic carbocycles. The number of rotatable bonds is 4. The van der Waals surface area contributed by atoms with Crippen molar-refractivity contribution in [3.63, 3.8) is 0 Å². The van der Waals surface area contributed by atoms with Gasteiger partial charge in [0.15, 0.2) is 0 Å². The number of aromatic nitrogens is 2. The lowest BCUT2D eigenvalue weighted by Crippen LogP contribution is -2.03. The van der Waals surface area contributed by atoms with E-state index < -0.39 is 6.10 Å². The van der Waals surface area contributed by atoms with E-state index in [-0.39, 0.29) is 0 Å². The average Bonchev–Trinajstić information content (AvgIpc) is 2.72. The Labute approximate surface area is 115 Å². The zero-order chi connectivity index (χ0) is 12.3. The van der Waals surface area contributed by atoms with Gasteiger partial charge in [-0.25, -0.2) is 0 Å². The maximum absolute atomic E-state index is 10.1. The maximum Gasteiger partial charge on any atom is 0.0794 e. The van der Waals surface area contributed by atoms with Gasteiger partial charge < -0.3 is 5.11 Å². The largest absolute Gasteiger partial charge is 0.388 e. The predicted molar refractivity (Wildman–Crippen MR) is 75.6 cm³/mol. The Kier molecular flexibility index (Phi) is 4.17. The van der Waals surface area contributed by atoms with E-state index >= 15 is 0 Å². The highest BCUT2D eigenvalue weighted by atomic mass is 127. The molecule has 0 aliphatic heterocycles. The first-order valence-electron chi connectivity index (χ1n) is 5.57. The summed E-state index contributed by atoms with van der Waals surface area (Å²) in [5.41, 5.74) is 2.13. The molecular weight excluding hydrogens is 327 g/mol. The summed E-state index contributed by atoms with van der Waals surface area (Å²) >= 11 is 2.26. The van der Waals surface area contributed by atoms with Crippen molar-refractivity contribution in [1.82, 2.24) is 9.78 Å². The Morgan fingerprint density at radius 2 is 2.24 bits per heavy atom. The van der Waals surface area contributed by atoms with Crippen LogP contribution in [0.2, 0.25) is 0 Å². The highest BCUT2D eigenvalue weighted by Crippen LogP contribution is 2.20. The van der Waals surface area contributed by atoms with Crippen LogP contribution in [0.4, 0.5) is 0 Å². The highest BCUT2D eigenvalue weighted by Gasteiger charge is 2.09. The van der Waals surface area contributed by atoms with Gasteiger partial charge in [0.05, 0.1) is 6.10 Å². The molecule has 2 aromatic rings. The zero-order valence-corrected chi connectivity index (χ0v) is 11.8. The number of aryl methyl sites for hydroxylation is 2. The van der Waals surface area contributed by atoms with Crippen molar-refractivity contribution in [2.24, 2.45) is 7.05 Å². The van der Waals surface area contributed by atoms with Gasteiger partial charge in [-0.05, 0) is 59.2 Å². The van der Waals surface area contributed by atoms with Gasteiger partial charge in [-0.3, -0.25) is 4.68 Å². The molecule has 1 aromatic carbocycles. The number of nitrogens with zero attached hydrogens (tertiary/aromatic N) is 2. The summed E-state index contributed by atoms with van der Waals surface area (Å²) in [7, 11) is 1.92. The first-order valence-corrected chi connectivity index (χ1v) is 6.65. The molecule has 0 saturated carbocycles. The lowest BCUT2D eigenvalue weighted by molar-refractivity contribution is 0.167. The highest BCUT2D eigenvalue weighted by molar-refractivity contribution is 14.1. The van der Waals surface area contributed by atoms with Gasteiger partial charge in [0.2, 0.25) is 0 Å². The van der Waals surface area contributed by atoms with Gasteiger partial charge >= 0.3 is 0 Å². The Morgan fingerprint density at radius 1 is 1.41 bits per heavy atom. The van der Waals surface area contributed by atoms with Crippen LogP contribution in [0, 0.1) is 3.57 Å². The molecule has 1 heterocycles. The van der Waals surface area contributed by atoms with Crippen LogP contribution in [0.15, 0.2) is 36.5 Å². The van der Waals surface area contributed by atoms with Crippen LogP contribution in [-0.2, 0) is 13.5 Å². The van der Waals surface area contributed by atoms with Crippen LogP contribution < -0.4 is 0 Å². The van der Waals surface area contributed by atoms with E-state index in [4.69, 9.17) is 0 Å². The SMILES string of the molecule is Cn1nccc1CCC(O)c1cccc(I)c1. The fraction of sp³-hybridized carbons (Fsp3) is 0.308. The Hall–Kier alpha value is -0.880. The predicted octanol–water partition coefficient (Wildman–Crippen LogP) is 2.69. The molecule has 1 N–H and O–H groups in total. The van der Waals surface area contributed by atoms with Gasteiger partial charge in [0, 0.05) is 22.5 Å². The number of benzene rings is 1. The summed E-state index contributed by atoms with van der Waals surface area (Å²) in [6.07, 6.45) is 2.94. The maximum atomic E-state index is 10.1. The molecule has 1 aromatic heterocycles. The second-order valence-electron chi connectivity index (χ2n) is 4.06. The number of hydrogen-bond acceptors (Lipinski definition) is 2. The van der Waals surface area contributed by atoms with E-state index in [1.807, 2.05) is 42.1 Å². The fourth-order valence-electron chi connectivity index (χ4n) is 1.81. The van der Waals surface area contributed by atoms with Crippen molar-refractivity contribution in [3.05, 3.63) is 51.4 Å². The molecule has 4 heteroatoms. The van der Waals surface area contributed by atoms with Crippen LogP contribution >= 0.6 is 22.6 Å². The van der Waals surface area contributed by atoms with Crippen molar-refractivity contribution in [2.45, 2.75) is 18.9 Å². The van der Waals surface area contributed by atoms with Crippen molar-refractivity contribution < 1.29 is 5.11 Å². The van der Waals surface area contributed by atoms with Gasteiger partial charge in [-0.15, -0.1) is 0 Å². The van der Waals surface area contributed by atoms with Crippen LogP contribution in [0.5, 0.6) is 0 Å². The molecule has 1 unspecified atom stereocenters. The Bertz CT molecular complexity index is 496. The van der Waals surface area contributed by atoms with Crippen LogP contribution in [-0.4, -0.2) is 14.9 Å². The fourth-order valence-corrected chi connectivity index (χ4v) is 2.38. The van der Waals surface area contributed by atoms with E-state index in [0.717, 1.165) is 27.7 Å². The molecule has 17 heavy (non-hydrogen) atoms. The van der Waals surface area contributed by atoms with E-state index in [0.29, 0.717) is 0 Å². The molecule has 0 bridgehead atoms. The first-order chi connectivity index (χ1) is 8.16. The normalized spacial score (nSPS) is 12.6. The van der Waals surface area contributed by atoms with Gasteiger partial charge in [-0.2, -0.15) is 5.10 Å². The van der Waals surface area contributed by atoms with Crippen molar-refractivity contribution in [1.29, 1.82) is 0 Å². The lowest BCUT2D eigenvalue weighted by atomic mass is 10.0. The van der Waals surface area contributed by atoms with Gasteiger partial charge in [-0.1, -0.05) is 12.1 Å². The molecule has 0 radical (unpaired) electrons. The second kappa shape index (κ2) is 5.64. The molecule has 0 fully saturated rings. The topological polar surface area (TPSA) is 38.0 Å². The lowest BCUT2D eigenvalue weighted by Gasteiger charge is -2.11. The summed E-state index contributed by atoms with van der Waals surface area (Å²) in [6, 6.07) is 9.98. The Balaban J connectivity index is 1.98. The minimum Gasteiger partial charge on any atom is -0.388 e. The molecule has 0 aliphatic rings. The van der Waals surface area contributed by atoms with Crippen molar-refractivity contribution in [3.8, 4) is 0 Å². The molecule has 0 saturated heterocycles. The standard InChI is InChI=1S/C13H15IN2O/c1-16-12(7-8-15-16)5-6-13(17)10-3-2-4-11(14)9-10/h2-4,7-9,13,17H,5-6H2,1H3. The second-order valence-corrected chi connectivity index (χ2v) is 5.30. The molecule has 90 valence electrons. The molecule has 1 atom stereocenters. The minimum atomic E-state index is -0.403. The third-order valence-electron chi connectivity index (χ3n) is 2.83. The molecule has 0 amide bonds. The molecule has 3 nitrogen and oxygen atoms in total. The van der Waals surface area contributed by atoms with Gasteiger partial charge in [0.25, 0.3) is 0 Å². The minimum absolute atomic E-state index is 0.403. The van der Waals surface area contributed by atoms with Crippen LogP contribution in [0.1, 0.15) is 23.8 Å². The molecule has 2 rings (SSSR count). The first kappa shape index (κ1) is 12.6. The Morgan fingerprint density at radius 3 is 2.88 bits per heavy atom. The smallest absolute Gasteiger partial charge is 0.0794 e. The van der Waals surface area contributed by atoms with Crippen molar-refractivity contribution in [2.75, 3.05) is 0 Å². The number of hydrogen-bond donors (Lipinski definition) is 1. The van der Waals surface area contributed by atoms with Crippen LogP contribution in [0.25, 0.3) is 0 Å². The van der Waals surface area contributed by atoms with Crippen molar-refractivity contribution >= 4 is 22.6 Å². The number of aliphatic hydroxyl groups excluding tert-OH is 1. The average molecular weight is 342 g/mol. The summed E-state index contributed by atoms with van der Waals surface area (Å²) in [6.45, 7) is 0. The van der Waals surface area contributed by atoms with E-state index in [9.17, 15) is 5.11 Å². The number of halogens is 1. The van der Waals surface area contributed by atoms with E-state index in [2.05, 4.69) is 27.7 Å². The zero-order valence-electron chi connectivity index (χ0n) is 9.68. The molecule has 0 spiro atoms. The number of aliphatic hydroxyl groups is 1. The third-order valence-corrected chi connectivity index (χ3v) is 3.50. The van der Waals surface area contributed by atoms with Gasteiger partial charge in [0.1, 0.15) is 0 Å².